The highest BCUT2D eigenvalue weighted by Gasteiger charge is 2.26. The number of rotatable bonds is 5. The standard InChI is InChI=1S/C16H26N4O2/c1-14-11-17-20(12-14)13-15-3-2-5-18(15)6-4-16(21)19-7-9-22-10-8-19/h11-12,15H,2-10,13H2,1H3/t15-/m1/s1. The summed E-state index contributed by atoms with van der Waals surface area (Å²) in [7, 11) is 0. The van der Waals surface area contributed by atoms with Crippen LogP contribution in [0.4, 0.5) is 0 Å². The van der Waals surface area contributed by atoms with Crippen molar-refractivity contribution in [3.8, 4) is 0 Å². The van der Waals surface area contributed by atoms with Gasteiger partial charge < -0.3 is 9.64 Å². The number of aromatic nitrogens is 2. The van der Waals surface area contributed by atoms with Crippen LogP contribution in [0.15, 0.2) is 12.4 Å². The summed E-state index contributed by atoms with van der Waals surface area (Å²) < 4.78 is 7.33. The van der Waals surface area contributed by atoms with Crippen molar-refractivity contribution < 1.29 is 9.53 Å². The van der Waals surface area contributed by atoms with Crippen LogP contribution in [0.1, 0.15) is 24.8 Å². The SMILES string of the molecule is Cc1cnn(C[C@H]2CCCN2CCC(=O)N2CCOCC2)c1. The summed E-state index contributed by atoms with van der Waals surface area (Å²) in [4.78, 5) is 16.6. The Balaban J connectivity index is 1.47. The lowest BCUT2D eigenvalue weighted by Gasteiger charge is -2.29. The largest absolute Gasteiger partial charge is 0.378 e. The maximum absolute atomic E-state index is 12.2. The van der Waals surface area contributed by atoms with Crippen LogP contribution in [-0.2, 0) is 16.1 Å². The van der Waals surface area contributed by atoms with Crippen molar-refractivity contribution in [2.24, 2.45) is 0 Å². The molecule has 6 heteroatoms. The van der Waals surface area contributed by atoms with E-state index in [1.165, 1.54) is 18.4 Å². The number of morpholine rings is 1. The van der Waals surface area contributed by atoms with E-state index in [0.717, 1.165) is 32.7 Å². The Bertz CT molecular complexity index is 496. The van der Waals surface area contributed by atoms with E-state index in [4.69, 9.17) is 4.74 Å². The monoisotopic (exact) mass is 306 g/mol. The molecule has 0 saturated carbocycles. The molecule has 2 aliphatic heterocycles. The fraction of sp³-hybridized carbons (Fsp3) is 0.750. The predicted octanol–water partition coefficient (Wildman–Crippen LogP) is 0.905. The van der Waals surface area contributed by atoms with Crippen LogP contribution < -0.4 is 0 Å². The minimum atomic E-state index is 0.267. The number of carbonyl (C=O) groups excluding carboxylic acids is 1. The average molecular weight is 306 g/mol. The van der Waals surface area contributed by atoms with Crippen molar-refractivity contribution in [1.29, 1.82) is 0 Å². The van der Waals surface area contributed by atoms with Gasteiger partial charge in [-0.15, -0.1) is 0 Å². The van der Waals surface area contributed by atoms with E-state index < -0.39 is 0 Å². The lowest BCUT2D eigenvalue weighted by atomic mass is 10.2. The number of amides is 1. The van der Waals surface area contributed by atoms with E-state index >= 15 is 0 Å². The molecular formula is C16H26N4O2. The van der Waals surface area contributed by atoms with Crippen LogP contribution in [0.2, 0.25) is 0 Å². The first-order chi connectivity index (χ1) is 10.7. The third-order valence-corrected chi connectivity index (χ3v) is 4.64. The maximum Gasteiger partial charge on any atom is 0.224 e. The van der Waals surface area contributed by atoms with Gasteiger partial charge in [0.05, 0.1) is 26.0 Å². The molecule has 0 N–H and O–H groups in total. The molecule has 0 bridgehead atoms. The van der Waals surface area contributed by atoms with Crippen molar-refractivity contribution >= 4 is 5.91 Å². The molecule has 0 aliphatic carbocycles. The summed E-state index contributed by atoms with van der Waals surface area (Å²) in [5.74, 6) is 0.267. The molecule has 2 aliphatic rings. The number of likely N-dealkylation sites (tertiary alicyclic amines) is 1. The van der Waals surface area contributed by atoms with E-state index in [1.807, 2.05) is 15.8 Å². The predicted molar refractivity (Wildman–Crippen MR) is 83.6 cm³/mol. The summed E-state index contributed by atoms with van der Waals surface area (Å²) in [5, 5.41) is 4.38. The Kier molecular flexibility index (Phi) is 5.10. The van der Waals surface area contributed by atoms with Gasteiger partial charge in [0.15, 0.2) is 0 Å². The number of hydrogen-bond donors (Lipinski definition) is 0. The van der Waals surface area contributed by atoms with E-state index in [0.29, 0.717) is 25.7 Å². The lowest BCUT2D eigenvalue weighted by Crippen LogP contribution is -2.42. The highest BCUT2D eigenvalue weighted by Crippen LogP contribution is 2.19. The van der Waals surface area contributed by atoms with E-state index in [-0.39, 0.29) is 5.91 Å². The van der Waals surface area contributed by atoms with Crippen LogP contribution in [0.3, 0.4) is 0 Å². The summed E-state index contributed by atoms with van der Waals surface area (Å²) in [5.41, 5.74) is 1.20. The summed E-state index contributed by atoms with van der Waals surface area (Å²) >= 11 is 0. The number of ether oxygens (including phenoxy) is 1. The van der Waals surface area contributed by atoms with Crippen molar-refractivity contribution in [3.63, 3.8) is 0 Å². The molecule has 2 fully saturated rings. The molecule has 0 aromatic carbocycles. The highest BCUT2D eigenvalue weighted by molar-refractivity contribution is 5.76. The minimum Gasteiger partial charge on any atom is -0.378 e. The third-order valence-electron chi connectivity index (χ3n) is 4.64. The normalized spacial score (nSPS) is 23.1. The molecule has 1 aromatic heterocycles. The molecular weight excluding hydrogens is 280 g/mol. The maximum atomic E-state index is 12.2. The van der Waals surface area contributed by atoms with Crippen LogP contribution >= 0.6 is 0 Å². The number of carbonyl (C=O) groups is 1. The van der Waals surface area contributed by atoms with Crippen LogP contribution in [0.25, 0.3) is 0 Å². The Morgan fingerprint density at radius 1 is 1.36 bits per heavy atom. The molecule has 122 valence electrons. The molecule has 1 amide bonds. The van der Waals surface area contributed by atoms with Crippen LogP contribution in [0.5, 0.6) is 0 Å². The minimum absolute atomic E-state index is 0.267. The van der Waals surface area contributed by atoms with Crippen LogP contribution in [-0.4, -0.2) is 70.9 Å². The molecule has 3 heterocycles. The van der Waals surface area contributed by atoms with Crippen LogP contribution in [0, 0.1) is 6.92 Å². The van der Waals surface area contributed by atoms with E-state index in [9.17, 15) is 4.79 Å². The fourth-order valence-corrected chi connectivity index (χ4v) is 3.39. The van der Waals surface area contributed by atoms with Gasteiger partial charge in [-0.1, -0.05) is 0 Å². The summed E-state index contributed by atoms with van der Waals surface area (Å²) in [6.45, 7) is 7.80. The zero-order valence-corrected chi connectivity index (χ0v) is 13.4. The summed E-state index contributed by atoms with van der Waals surface area (Å²) in [6, 6.07) is 0.511. The Hall–Kier alpha value is -1.40. The van der Waals surface area contributed by atoms with E-state index in [2.05, 4.69) is 23.1 Å². The quantitative estimate of drug-likeness (QED) is 0.811. The molecule has 0 radical (unpaired) electrons. The number of aryl methyl sites for hydroxylation is 1. The molecule has 0 unspecified atom stereocenters. The van der Waals surface area contributed by atoms with Gasteiger partial charge in [0, 0.05) is 38.3 Å². The number of hydrogen-bond acceptors (Lipinski definition) is 4. The van der Waals surface area contributed by atoms with Gasteiger partial charge >= 0.3 is 0 Å². The third kappa shape index (κ3) is 3.87. The van der Waals surface area contributed by atoms with Crippen molar-refractivity contribution in [2.75, 3.05) is 39.4 Å². The molecule has 1 atom stereocenters. The lowest BCUT2D eigenvalue weighted by molar-refractivity contribution is -0.135. The average Bonchev–Trinajstić information content (AvgIpc) is 3.15. The fourth-order valence-electron chi connectivity index (χ4n) is 3.39. The second-order valence-electron chi connectivity index (χ2n) is 6.31. The van der Waals surface area contributed by atoms with Gasteiger partial charge in [-0.05, 0) is 31.9 Å². The number of nitrogens with zero attached hydrogens (tertiary/aromatic N) is 4. The Morgan fingerprint density at radius 3 is 2.91 bits per heavy atom. The molecule has 22 heavy (non-hydrogen) atoms. The molecule has 6 nitrogen and oxygen atoms in total. The second-order valence-corrected chi connectivity index (χ2v) is 6.31. The molecule has 3 rings (SSSR count). The second kappa shape index (κ2) is 7.24. The Labute approximate surface area is 132 Å². The van der Waals surface area contributed by atoms with Gasteiger partial charge in [0.2, 0.25) is 5.91 Å². The molecule has 2 saturated heterocycles. The molecule has 0 spiro atoms. The zero-order chi connectivity index (χ0) is 15.4. The van der Waals surface area contributed by atoms with Gasteiger partial charge in [-0.2, -0.15) is 5.10 Å². The Morgan fingerprint density at radius 2 is 2.18 bits per heavy atom. The van der Waals surface area contributed by atoms with Crippen molar-refractivity contribution in [3.05, 3.63) is 18.0 Å². The first kappa shape index (κ1) is 15.5. The van der Waals surface area contributed by atoms with Gasteiger partial charge in [-0.25, -0.2) is 0 Å². The van der Waals surface area contributed by atoms with E-state index in [1.54, 1.807) is 0 Å². The van der Waals surface area contributed by atoms with Gasteiger partial charge in [-0.3, -0.25) is 14.4 Å². The highest BCUT2D eigenvalue weighted by atomic mass is 16.5. The first-order valence-corrected chi connectivity index (χ1v) is 8.31. The topological polar surface area (TPSA) is 50.6 Å². The molecule has 1 aromatic rings. The van der Waals surface area contributed by atoms with Gasteiger partial charge in [0.1, 0.15) is 0 Å². The smallest absolute Gasteiger partial charge is 0.224 e. The zero-order valence-electron chi connectivity index (χ0n) is 13.4. The first-order valence-electron chi connectivity index (χ1n) is 8.31. The van der Waals surface area contributed by atoms with Crippen molar-refractivity contribution in [2.45, 2.75) is 38.8 Å². The van der Waals surface area contributed by atoms with Gasteiger partial charge in [0.25, 0.3) is 0 Å². The van der Waals surface area contributed by atoms with Crippen molar-refractivity contribution in [1.82, 2.24) is 19.6 Å². The summed E-state index contributed by atoms with van der Waals surface area (Å²) in [6.07, 6.45) is 7.03.